The van der Waals surface area contributed by atoms with Crippen molar-refractivity contribution in [1.29, 1.82) is 0 Å². The molecule has 1 aliphatic rings. The number of urea groups is 1. The van der Waals surface area contributed by atoms with Gasteiger partial charge in [0.15, 0.2) is 29.1 Å². The van der Waals surface area contributed by atoms with Crippen molar-refractivity contribution in [3.8, 4) is 22.8 Å². The number of imidazole rings is 1. The van der Waals surface area contributed by atoms with Crippen LogP contribution in [0.2, 0.25) is 0 Å². The Bertz CT molecular complexity index is 1060. The van der Waals surface area contributed by atoms with Gasteiger partial charge in [-0.25, -0.2) is 22.9 Å². The molecule has 2 amide bonds. The van der Waals surface area contributed by atoms with Crippen molar-refractivity contribution in [2.75, 3.05) is 18.4 Å². The van der Waals surface area contributed by atoms with Crippen LogP contribution in [0.4, 0.5) is 23.8 Å². The summed E-state index contributed by atoms with van der Waals surface area (Å²) in [5, 5.41) is 16.5. The molecule has 30 heavy (non-hydrogen) atoms. The van der Waals surface area contributed by atoms with Gasteiger partial charge in [0.2, 0.25) is 0 Å². The highest BCUT2D eigenvalue weighted by Crippen LogP contribution is 2.26. The fourth-order valence-corrected chi connectivity index (χ4v) is 3.32. The van der Waals surface area contributed by atoms with Gasteiger partial charge in [0, 0.05) is 31.8 Å². The van der Waals surface area contributed by atoms with E-state index in [0.29, 0.717) is 49.0 Å². The molecule has 158 valence electrons. The summed E-state index contributed by atoms with van der Waals surface area (Å²) in [7, 11) is 1.65. The number of carbonyl (C=O) groups is 1. The van der Waals surface area contributed by atoms with Crippen LogP contribution in [0.5, 0.6) is 0 Å². The van der Waals surface area contributed by atoms with Crippen LogP contribution in [0.25, 0.3) is 22.8 Å². The van der Waals surface area contributed by atoms with Crippen LogP contribution < -0.4 is 5.32 Å². The van der Waals surface area contributed by atoms with E-state index in [-0.39, 0.29) is 17.7 Å². The second-order valence-electron chi connectivity index (χ2n) is 7.09. The fourth-order valence-electron chi connectivity index (χ4n) is 3.32. The first-order valence-electron chi connectivity index (χ1n) is 9.30. The summed E-state index contributed by atoms with van der Waals surface area (Å²) >= 11 is 0. The van der Waals surface area contributed by atoms with E-state index in [9.17, 15) is 23.1 Å². The first-order chi connectivity index (χ1) is 14.3. The SMILES string of the molecule is Cn1nc(NC(=O)N2CCC(O)CC2)cc1-c1ncc(-c2cc(F)c(F)c(F)c2)[nH]1. The molecule has 3 aromatic rings. The summed E-state index contributed by atoms with van der Waals surface area (Å²) in [6, 6.07) is 3.04. The van der Waals surface area contributed by atoms with Crippen LogP contribution in [-0.2, 0) is 7.05 Å². The second kappa shape index (κ2) is 7.82. The van der Waals surface area contributed by atoms with Crippen molar-refractivity contribution in [3.63, 3.8) is 0 Å². The van der Waals surface area contributed by atoms with Crippen LogP contribution in [0.15, 0.2) is 24.4 Å². The summed E-state index contributed by atoms with van der Waals surface area (Å²) in [5.74, 6) is -3.46. The number of hydrogen-bond donors (Lipinski definition) is 3. The molecule has 0 spiro atoms. The predicted octanol–water partition coefficient (Wildman–Crippen LogP) is 2.88. The summed E-state index contributed by atoms with van der Waals surface area (Å²) in [5.41, 5.74) is 0.920. The van der Waals surface area contributed by atoms with E-state index in [0.717, 1.165) is 12.1 Å². The Kier molecular flexibility index (Phi) is 5.20. The summed E-state index contributed by atoms with van der Waals surface area (Å²) in [6.45, 7) is 0.915. The Hall–Kier alpha value is -3.34. The number of nitrogens with one attached hydrogen (secondary N) is 2. The Morgan fingerprint density at radius 1 is 1.20 bits per heavy atom. The molecular formula is C19H19F3N6O2. The third kappa shape index (κ3) is 3.88. The molecule has 1 aliphatic heterocycles. The van der Waals surface area contributed by atoms with Crippen molar-refractivity contribution >= 4 is 11.8 Å². The van der Waals surface area contributed by atoms with E-state index in [4.69, 9.17) is 0 Å². The number of hydrogen-bond acceptors (Lipinski definition) is 4. The molecule has 1 saturated heterocycles. The van der Waals surface area contributed by atoms with Gasteiger partial charge in [0.25, 0.3) is 0 Å². The minimum Gasteiger partial charge on any atom is -0.393 e. The van der Waals surface area contributed by atoms with Gasteiger partial charge in [-0.05, 0) is 25.0 Å². The van der Waals surface area contributed by atoms with Gasteiger partial charge in [-0.1, -0.05) is 0 Å². The van der Waals surface area contributed by atoms with Crippen molar-refractivity contribution < 1.29 is 23.1 Å². The molecule has 0 saturated carbocycles. The number of carbonyl (C=O) groups excluding carboxylic acids is 1. The van der Waals surface area contributed by atoms with Gasteiger partial charge in [-0.15, -0.1) is 0 Å². The molecule has 4 rings (SSSR count). The van der Waals surface area contributed by atoms with E-state index < -0.39 is 17.5 Å². The Morgan fingerprint density at radius 2 is 1.87 bits per heavy atom. The van der Waals surface area contributed by atoms with Crippen LogP contribution in [-0.4, -0.2) is 55.0 Å². The lowest BCUT2D eigenvalue weighted by Gasteiger charge is -2.29. The quantitative estimate of drug-likeness (QED) is 0.568. The van der Waals surface area contributed by atoms with E-state index in [2.05, 4.69) is 20.4 Å². The number of anilines is 1. The van der Waals surface area contributed by atoms with Crippen LogP contribution >= 0.6 is 0 Å². The Labute approximate surface area is 169 Å². The highest BCUT2D eigenvalue weighted by atomic mass is 19.2. The van der Waals surface area contributed by atoms with Gasteiger partial charge < -0.3 is 15.0 Å². The van der Waals surface area contributed by atoms with Gasteiger partial charge in [0.05, 0.1) is 18.0 Å². The monoisotopic (exact) mass is 420 g/mol. The number of benzene rings is 1. The van der Waals surface area contributed by atoms with E-state index in [1.165, 1.54) is 10.9 Å². The maximum absolute atomic E-state index is 13.5. The zero-order valence-corrected chi connectivity index (χ0v) is 16.0. The van der Waals surface area contributed by atoms with E-state index in [1.807, 2.05) is 0 Å². The average Bonchev–Trinajstić information content (AvgIpc) is 3.33. The molecule has 1 fully saturated rings. The number of piperidine rings is 1. The fraction of sp³-hybridized carbons (Fsp3) is 0.316. The van der Waals surface area contributed by atoms with Gasteiger partial charge in [0.1, 0.15) is 5.69 Å². The van der Waals surface area contributed by atoms with Gasteiger partial charge >= 0.3 is 6.03 Å². The summed E-state index contributed by atoms with van der Waals surface area (Å²) < 4.78 is 41.7. The number of rotatable bonds is 3. The minimum atomic E-state index is -1.53. The van der Waals surface area contributed by atoms with Crippen LogP contribution in [0, 0.1) is 17.5 Å². The Balaban J connectivity index is 1.52. The first-order valence-corrected chi connectivity index (χ1v) is 9.30. The molecule has 2 aromatic heterocycles. The number of aromatic nitrogens is 4. The summed E-state index contributed by atoms with van der Waals surface area (Å²) in [6.07, 6.45) is 2.04. The summed E-state index contributed by atoms with van der Waals surface area (Å²) in [4.78, 5) is 21.1. The predicted molar refractivity (Wildman–Crippen MR) is 102 cm³/mol. The average molecular weight is 420 g/mol. The molecule has 0 radical (unpaired) electrons. The minimum absolute atomic E-state index is 0.105. The smallest absolute Gasteiger partial charge is 0.323 e. The lowest BCUT2D eigenvalue weighted by molar-refractivity contribution is 0.0972. The lowest BCUT2D eigenvalue weighted by atomic mass is 10.1. The molecule has 0 aliphatic carbocycles. The zero-order valence-electron chi connectivity index (χ0n) is 16.0. The molecule has 11 heteroatoms. The zero-order chi connectivity index (χ0) is 21.4. The molecule has 8 nitrogen and oxygen atoms in total. The lowest BCUT2D eigenvalue weighted by Crippen LogP contribution is -2.42. The van der Waals surface area contributed by atoms with E-state index in [1.54, 1.807) is 18.0 Å². The molecule has 0 bridgehead atoms. The highest BCUT2D eigenvalue weighted by Gasteiger charge is 2.22. The van der Waals surface area contributed by atoms with Crippen LogP contribution in [0.1, 0.15) is 12.8 Å². The molecule has 3 N–H and O–H groups in total. The van der Waals surface area contributed by atoms with Gasteiger partial charge in [-0.3, -0.25) is 10.00 Å². The number of halogens is 3. The van der Waals surface area contributed by atoms with Crippen molar-refractivity contribution in [3.05, 3.63) is 41.8 Å². The Morgan fingerprint density at radius 3 is 2.53 bits per heavy atom. The largest absolute Gasteiger partial charge is 0.393 e. The maximum Gasteiger partial charge on any atom is 0.323 e. The van der Waals surface area contributed by atoms with Crippen LogP contribution in [0.3, 0.4) is 0 Å². The van der Waals surface area contributed by atoms with Crippen molar-refractivity contribution in [2.24, 2.45) is 7.05 Å². The third-order valence-corrected chi connectivity index (χ3v) is 4.98. The van der Waals surface area contributed by atoms with Crippen molar-refractivity contribution in [1.82, 2.24) is 24.6 Å². The molecule has 0 unspecified atom stereocenters. The number of likely N-dealkylation sites (tertiary alicyclic amines) is 1. The van der Waals surface area contributed by atoms with E-state index >= 15 is 0 Å². The molecule has 1 aromatic carbocycles. The number of aryl methyl sites for hydroxylation is 1. The third-order valence-electron chi connectivity index (χ3n) is 4.98. The molecule has 0 atom stereocenters. The normalized spacial score (nSPS) is 14.9. The second-order valence-corrected chi connectivity index (χ2v) is 7.09. The molecular weight excluding hydrogens is 401 g/mol. The number of amides is 2. The first kappa shape index (κ1) is 20.0. The standard InChI is InChI=1S/C19H19F3N6O2/c1-27-15(8-16(26-27)25-19(30)28-4-2-11(29)3-5-28)18-23-9-14(24-18)10-6-12(20)17(22)13(21)7-10/h6-9,11,29H,2-5H2,1H3,(H,23,24)(H,25,26,30). The number of aliphatic hydroxyl groups excluding tert-OH is 1. The van der Waals surface area contributed by atoms with Crippen molar-refractivity contribution in [2.45, 2.75) is 18.9 Å². The number of nitrogens with zero attached hydrogens (tertiary/aromatic N) is 4. The number of aromatic amines is 1. The van der Waals surface area contributed by atoms with Gasteiger partial charge in [-0.2, -0.15) is 5.10 Å². The number of aliphatic hydroxyl groups is 1. The molecule has 3 heterocycles. The maximum atomic E-state index is 13.5. The number of H-pyrrole nitrogens is 1. The highest BCUT2D eigenvalue weighted by molar-refractivity contribution is 5.89. The topological polar surface area (TPSA) is 99.1 Å².